The lowest BCUT2D eigenvalue weighted by molar-refractivity contribution is 0.355. The molecule has 5 nitrogen and oxygen atoms in total. The number of halogens is 1. The maximum absolute atomic E-state index is 6.36. The summed E-state index contributed by atoms with van der Waals surface area (Å²) in [6.45, 7) is 2.00. The van der Waals surface area contributed by atoms with Crippen LogP contribution in [0.5, 0.6) is 11.5 Å². The second-order valence-corrected chi connectivity index (χ2v) is 4.30. The first-order chi connectivity index (χ1) is 9.12. The Morgan fingerprint density at radius 3 is 2.53 bits per heavy atom. The maximum Gasteiger partial charge on any atom is 0.222 e. The molecule has 0 spiro atoms. The van der Waals surface area contributed by atoms with Crippen LogP contribution in [0.25, 0.3) is 11.3 Å². The largest absolute Gasteiger partial charge is 0.493 e. The van der Waals surface area contributed by atoms with Crippen LogP contribution in [0, 0.1) is 0 Å². The number of hydrogen-bond donors (Lipinski definition) is 1. The van der Waals surface area contributed by atoms with E-state index in [1.165, 1.54) is 0 Å². The van der Waals surface area contributed by atoms with E-state index in [-0.39, 0.29) is 5.88 Å². The van der Waals surface area contributed by atoms with Crippen molar-refractivity contribution in [2.24, 2.45) is 0 Å². The lowest BCUT2D eigenvalue weighted by Gasteiger charge is -2.15. The molecule has 0 aliphatic carbocycles. The highest BCUT2D eigenvalue weighted by molar-refractivity contribution is 6.33. The van der Waals surface area contributed by atoms with Crippen LogP contribution in [0.1, 0.15) is 12.5 Å². The number of nitrogens with zero attached hydrogens (tertiary/aromatic N) is 1. The summed E-state index contributed by atoms with van der Waals surface area (Å²) < 4.78 is 15.5. The lowest BCUT2D eigenvalue weighted by atomic mass is 10.0. The van der Waals surface area contributed by atoms with E-state index in [0.717, 1.165) is 17.5 Å². The van der Waals surface area contributed by atoms with Gasteiger partial charge in [-0.3, -0.25) is 0 Å². The molecule has 1 aromatic carbocycles. The van der Waals surface area contributed by atoms with Gasteiger partial charge in [-0.2, -0.15) is 0 Å². The van der Waals surface area contributed by atoms with Crippen LogP contribution < -0.4 is 15.2 Å². The minimum Gasteiger partial charge on any atom is -0.493 e. The smallest absolute Gasteiger partial charge is 0.222 e. The van der Waals surface area contributed by atoms with Gasteiger partial charge >= 0.3 is 0 Å². The van der Waals surface area contributed by atoms with Crippen molar-refractivity contribution in [1.82, 2.24) is 5.16 Å². The summed E-state index contributed by atoms with van der Waals surface area (Å²) in [5, 5.41) is 4.43. The summed E-state index contributed by atoms with van der Waals surface area (Å²) in [4.78, 5) is 0. The van der Waals surface area contributed by atoms with Crippen molar-refractivity contribution >= 4 is 17.5 Å². The van der Waals surface area contributed by atoms with Crippen molar-refractivity contribution in [1.29, 1.82) is 0 Å². The third-order valence-corrected chi connectivity index (χ3v) is 3.27. The minimum absolute atomic E-state index is 0.253. The van der Waals surface area contributed by atoms with Crippen LogP contribution in [-0.2, 0) is 6.42 Å². The van der Waals surface area contributed by atoms with E-state index in [9.17, 15) is 0 Å². The molecule has 0 unspecified atom stereocenters. The molecule has 0 atom stereocenters. The van der Waals surface area contributed by atoms with Crippen molar-refractivity contribution < 1.29 is 14.0 Å². The molecule has 0 radical (unpaired) electrons. The Kier molecular flexibility index (Phi) is 3.85. The standard InChI is InChI=1S/C13H15ClN2O3/c1-4-7-8(9-6-11(15)19-16-9)5-10(17-2)13(18-3)12(7)14/h5-6H,4,15H2,1-3H3. The number of nitrogens with two attached hydrogens (primary N) is 1. The summed E-state index contributed by atoms with van der Waals surface area (Å²) in [6.07, 6.45) is 0.723. The van der Waals surface area contributed by atoms with Crippen LogP contribution in [0.4, 0.5) is 5.88 Å². The van der Waals surface area contributed by atoms with Crippen molar-refractivity contribution in [3.63, 3.8) is 0 Å². The highest BCUT2D eigenvalue weighted by Crippen LogP contribution is 2.43. The fourth-order valence-electron chi connectivity index (χ4n) is 1.98. The molecule has 1 aromatic heterocycles. The van der Waals surface area contributed by atoms with Crippen LogP contribution in [-0.4, -0.2) is 19.4 Å². The summed E-state index contributed by atoms with van der Waals surface area (Å²) in [6, 6.07) is 3.47. The van der Waals surface area contributed by atoms with Crippen molar-refractivity contribution in [2.75, 3.05) is 20.0 Å². The molecular formula is C13H15ClN2O3. The monoisotopic (exact) mass is 282 g/mol. The van der Waals surface area contributed by atoms with Gasteiger partial charge in [-0.1, -0.05) is 23.7 Å². The van der Waals surface area contributed by atoms with Gasteiger partial charge in [0.1, 0.15) is 5.69 Å². The van der Waals surface area contributed by atoms with E-state index >= 15 is 0 Å². The van der Waals surface area contributed by atoms with Crippen LogP contribution in [0.2, 0.25) is 5.02 Å². The number of methoxy groups -OCH3 is 2. The van der Waals surface area contributed by atoms with Gasteiger partial charge in [0.2, 0.25) is 5.88 Å². The molecule has 0 fully saturated rings. The molecule has 102 valence electrons. The van der Waals surface area contributed by atoms with Crippen LogP contribution in [0.3, 0.4) is 0 Å². The van der Waals surface area contributed by atoms with Crippen LogP contribution in [0.15, 0.2) is 16.7 Å². The molecule has 6 heteroatoms. The number of ether oxygens (including phenoxy) is 2. The van der Waals surface area contributed by atoms with Gasteiger partial charge in [-0.05, 0) is 18.1 Å². The van der Waals surface area contributed by atoms with Gasteiger partial charge in [0.15, 0.2) is 11.5 Å². The predicted molar refractivity (Wildman–Crippen MR) is 73.8 cm³/mol. The molecule has 0 bridgehead atoms. The third kappa shape index (κ3) is 2.33. The Morgan fingerprint density at radius 1 is 1.32 bits per heavy atom. The number of hydrogen-bond acceptors (Lipinski definition) is 5. The molecule has 0 aliphatic heterocycles. The molecular weight excluding hydrogens is 268 g/mol. The molecule has 1 heterocycles. The predicted octanol–water partition coefficient (Wildman–Crippen LogP) is 3.16. The first-order valence-electron chi connectivity index (χ1n) is 5.78. The van der Waals surface area contributed by atoms with E-state index < -0.39 is 0 Å². The first kappa shape index (κ1) is 13.5. The molecule has 0 amide bonds. The summed E-state index contributed by atoms with van der Waals surface area (Å²) in [5.41, 5.74) is 7.91. The van der Waals surface area contributed by atoms with Gasteiger partial charge in [0.25, 0.3) is 0 Å². The number of anilines is 1. The first-order valence-corrected chi connectivity index (χ1v) is 6.16. The second kappa shape index (κ2) is 5.40. The number of aromatic nitrogens is 1. The van der Waals surface area contributed by atoms with E-state index in [4.69, 9.17) is 31.3 Å². The van der Waals surface area contributed by atoms with Gasteiger partial charge in [0.05, 0.1) is 19.2 Å². The molecule has 2 aromatic rings. The zero-order valence-corrected chi connectivity index (χ0v) is 11.7. The molecule has 0 aliphatic rings. The Labute approximate surface area is 116 Å². The minimum atomic E-state index is 0.253. The average Bonchev–Trinajstić information content (AvgIpc) is 2.84. The Bertz CT molecular complexity index is 596. The molecule has 0 saturated heterocycles. The molecule has 19 heavy (non-hydrogen) atoms. The van der Waals surface area contributed by atoms with Gasteiger partial charge in [0, 0.05) is 11.6 Å². The number of benzene rings is 1. The van der Waals surface area contributed by atoms with Gasteiger partial charge in [-0.25, -0.2) is 0 Å². The van der Waals surface area contributed by atoms with E-state index in [1.54, 1.807) is 20.3 Å². The zero-order chi connectivity index (χ0) is 14.0. The SMILES string of the molecule is CCc1c(-c2cc(N)on2)cc(OC)c(OC)c1Cl. The normalized spacial score (nSPS) is 10.5. The molecule has 2 rings (SSSR count). The lowest BCUT2D eigenvalue weighted by Crippen LogP contribution is -1.97. The topological polar surface area (TPSA) is 70.5 Å². The van der Waals surface area contributed by atoms with Crippen molar-refractivity contribution in [3.05, 3.63) is 22.7 Å². The third-order valence-electron chi connectivity index (χ3n) is 2.87. The molecule has 0 saturated carbocycles. The van der Waals surface area contributed by atoms with Crippen LogP contribution >= 0.6 is 11.6 Å². The van der Waals surface area contributed by atoms with E-state index in [0.29, 0.717) is 22.2 Å². The Balaban J connectivity index is 2.69. The fourth-order valence-corrected chi connectivity index (χ4v) is 2.39. The molecule has 2 N–H and O–H groups in total. The highest BCUT2D eigenvalue weighted by Gasteiger charge is 2.19. The summed E-state index contributed by atoms with van der Waals surface area (Å²) in [5.74, 6) is 1.31. The van der Waals surface area contributed by atoms with Crippen molar-refractivity contribution in [2.45, 2.75) is 13.3 Å². The van der Waals surface area contributed by atoms with E-state index in [1.807, 2.05) is 13.0 Å². The second-order valence-electron chi connectivity index (χ2n) is 3.92. The van der Waals surface area contributed by atoms with E-state index in [2.05, 4.69) is 5.16 Å². The summed E-state index contributed by atoms with van der Waals surface area (Å²) in [7, 11) is 3.11. The Hall–Kier alpha value is -1.88. The number of rotatable bonds is 4. The van der Waals surface area contributed by atoms with Crippen molar-refractivity contribution in [3.8, 4) is 22.8 Å². The van der Waals surface area contributed by atoms with Gasteiger partial charge in [-0.15, -0.1) is 0 Å². The summed E-state index contributed by atoms with van der Waals surface area (Å²) >= 11 is 6.36. The highest BCUT2D eigenvalue weighted by atomic mass is 35.5. The Morgan fingerprint density at radius 2 is 2.05 bits per heavy atom. The zero-order valence-electron chi connectivity index (χ0n) is 11.0. The number of nitrogen functional groups attached to an aromatic ring is 1. The van der Waals surface area contributed by atoms with Gasteiger partial charge < -0.3 is 19.7 Å². The quantitative estimate of drug-likeness (QED) is 0.933. The average molecular weight is 283 g/mol. The fraction of sp³-hybridized carbons (Fsp3) is 0.308. The maximum atomic E-state index is 6.36.